The van der Waals surface area contributed by atoms with Gasteiger partial charge < -0.3 is 25.5 Å². The highest BCUT2D eigenvalue weighted by atomic mass is 16.4. The molecule has 2 saturated heterocycles. The average molecular weight is 388 g/mol. The molecule has 152 valence electrons. The molecule has 9 nitrogen and oxygen atoms in total. The highest BCUT2D eigenvalue weighted by Crippen LogP contribution is 2.48. The molecule has 1 aliphatic carbocycles. The maximum Gasteiger partial charge on any atom is 0.317 e. The zero-order valence-electron chi connectivity index (χ0n) is 16.2. The molecule has 0 spiro atoms. The Morgan fingerprint density at radius 1 is 1.32 bits per heavy atom. The number of likely N-dealkylation sites (tertiary alicyclic amines) is 1. The first kappa shape index (κ1) is 18.8. The third-order valence-corrected chi connectivity index (χ3v) is 6.65. The molecule has 0 bridgehead atoms. The summed E-state index contributed by atoms with van der Waals surface area (Å²) in [6, 6.07) is 1.94. The third kappa shape index (κ3) is 3.22. The van der Waals surface area contributed by atoms with Gasteiger partial charge in [-0.3, -0.25) is 4.79 Å². The van der Waals surface area contributed by atoms with Gasteiger partial charge in [-0.05, 0) is 31.6 Å². The standard InChI is InChI=1S/C19H28N6O3/c1-20-15-8-16(23-12-22-15)25-7-3-5-14(25)9-21-18(28)24-10-13-4-2-6-19(13,11-24)17(26)27/h8,12-14H,2-7,9-11H2,1H3,(H,21,28)(H,26,27)(H,20,22,23)/t13-,14?,19+/m0/s1. The van der Waals surface area contributed by atoms with E-state index in [-0.39, 0.29) is 18.0 Å². The molecule has 3 aliphatic rings. The monoisotopic (exact) mass is 388 g/mol. The van der Waals surface area contributed by atoms with Gasteiger partial charge in [-0.15, -0.1) is 0 Å². The number of rotatable bonds is 5. The highest BCUT2D eigenvalue weighted by Gasteiger charge is 2.55. The fraction of sp³-hybridized carbons (Fsp3) is 0.684. The van der Waals surface area contributed by atoms with E-state index in [0.717, 1.165) is 43.9 Å². The van der Waals surface area contributed by atoms with Crippen molar-refractivity contribution < 1.29 is 14.7 Å². The molecule has 1 unspecified atom stereocenters. The summed E-state index contributed by atoms with van der Waals surface area (Å²) in [5.41, 5.74) is -0.735. The van der Waals surface area contributed by atoms with Crippen molar-refractivity contribution >= 4 is 23.6 Å². The Morgan fingerprint density at radius 2 is 2.18 bits per heavy atom. The number of nitrogens with zero attached hydrogens (tertiary/aromatic N) is 4. The normalized spacial score (nSPS) is 29.0. The first-order valence-corrected chi connectivity index (χ1v) is 10.1. The smallest absolute Gasteiger partial charge is 0.317 e. The summed E-state index contributed by atoms with van der Waals surface area (Å²) in [6.45, 7) is 2.29. The van der Waals surface area contributed by atoms with Crippen LogP contribution < -0.4 is 15.5 Å². The van der Waals surface area contributed by atoms with E-state index >= 15 is 0 Å². The second kappa shape index (κ2) is 7.44. The van der Waals surface area contributed by atoms with Gasteiger partial charge in [0.05, 0.1) is 5.41 Å². The van der Waals surface area contributed by atoms with Crippen LogP contribution in [0.2, 0.25) is 0 Å². The predicted molar refractivity (Wildman–Crippen MR) is 104 cm³/mol. The van der Waals surface area contributed by atoms with Crippen LogP contribution in [0, 0.1) is 11.3 Å². The van der Waals surface area contributed by atoms with Gasteiger partial charge in [0, 0.05) is 45.3 Å². The molecule has 4 rings (SSSR count). The number of aliphatic carboxylic acids is 1. The lowest BCUT2D eigenvalue weighted by molar-refractivity contribution is -0.149. The third-order valence-electron chi connectivity index (χ3n) is 6.65. The van der Waals surface area contributed by atoms with Gasteiger partial charge in [-0.2, -0.15) is 0 Å². The second-order valence-corrected chi connectivity index (χ2v) is 8.12. The fourth-order valence-corrected chi connectivity index (χ4v) is 5.10. The number of hydrogen-bond donors (Lipinski definition) is 3. The molecule has 3 N–H and O–H groups in total. The molecule has 2 amide bonds. The molecular weight excluding hydrogens is 360 g/mol. The number of anilines is 2. The topological polar surface area (TPSA) is 111 Å². The summed E-state index contributed by atoms with van der Waals surface area (Å²) < 4.78 is 0. The maximum absolute atomic E-state index is 12.7. The van der Waals surface area contributed by atoms with E-state index in [9.17, 15) is 14.7 Å². The number of carboxylic acids is 1. The molecular formula is C19H28N6O3. The van der Waals surface area contributed by atoms with E-state index in [1.54, 1.807) is 11.2 Å². The second-order valence-electron chi connectivity index (χ2n) is 8.12. The molecule has 1 aromatic rings. The minimum Gasteiger partial charge on any atom is -0.481 e. The van der Waals surface area contributed by atoms with Gasteiger partial charge in [0.25, 0.3) is 0 Å². The minimum atomic E-state index is -0.753. The molecule has 0 radical (unpaired) electrons. The molecule has 3 fully saturated rings. The molecule has 3 atom stereocenters. The van der Waals surface area contributed by atoms with Crippen LogP contribution in [0.1, 0.15) is 32.1 Å². The lowest BCUT2D eigenvalue weighted by atomic mass is 9.81. The Morgan fingerprint density at radius 3 is 2.93 bits per heavy atom. The molecule has 2 aliphatic heterocycles. The number of carbonyl (C=O) groups excluding carboxylic acids is 1. The van der Waals surface area contributed by atoms with Crippen LogP contribution in [0.25, 0.3) is 0 Å². The summed E-state index contributed by atoms with van der Waals surface area (Å²) >= 11 is 0. The van der Waals surface area contributed by atoms with Crippen molar-refractivity contribution in [2.75, 3.05) is 43.4 Å². The van der Waals surface area contributed by atoms with Gasteiger partial charge in [0.2, 0.25) is 0 Å². The zero-order chi connectivity index (χ0) is 19.7. The number of carboxylic acid groups (broad SMARTS) is 1. The molecule has 0 aromatic carbocycles. The van der Waals surface area contributed by atoms with Crippen LogP contribution >= 0.6 is 0 Å². The molecule has 9 heteroatoms. The van der Waals surface area contributed by atoms with Crippen molar-refractivity contribution in [1.29, 1.82) is 0 Å². The van der Waals surface area contributed by atoms with Gasteiger partial charge in [0.15, 0.2) is 0 Å². The SMILES string of the molecule is CNc1cc(N2CCCC2CNC(=O)N2C[C@@H]3CCC[C@@]3(C(=O)O)C2)ncn1. The first-order chi connectivity index (χ1) is 13.5. The van der Waals surface area contributed by atoms with Crippen molar-refractivity contribution in [1.82, 2.24) is 20.2 Å². The van der Waals surface area contributed by atoms with Gasteiger partial charge in [0.1, 0.15) is 18.0 Å². The number of nitrogens with one attached hydrogen (secondary N) is 2. The van der Waals surface area contributed by atoms with Crippen LogP contribution in [-0.4, -0.2) is 71.2 Å². The Balaban J connectivity index is 1.36. The fourth-order valence-electron chi connectivity index (χ4n) is 5.10. The lowest BCUT2D eigenvalue weighted by Crippen LogP contribution is -2.46. The number of fused-ring (bicyclic) bond motifs is 1. The van der Waals surface area contributed by atoms with Crippen molar-refractivity contribution in [2.24, 2.45) is 11.3 Å². The van der Waals surface area contributed by atoms with Crippen molar-refractivity contribution in [3.8, 4) is 0 Å². The summed E-state index contributed by atoms with van der Waals surface area (Å²) in [4.78, 5) is 37.0. The summed E-state index contributed by atoms with van der Waals surface area (Å²) in [6.07, 6.45) is 6.09. The van der Waals surface area contributed by atoms with Crippen LogP contribution in [0.4, 0.5) is 16.4 Å². The summed E-state index contributed by atoms with van der Waals surface area (Å²) in [5.74, 6) is 0.954. The van der Waals surface area contributed by atoms with E-state index in [4.69, 9.17) is 0 Å². The van der Waals surface area contributed by atoms with Crippen LogP contribution in [0.3, 0.4) is 0 Å². The zero-order valence-corrected chi connectivity index (χ0v) is 16.2. The Hall–Kier alpha value is -2.58. The number of aromatic nitrogens is 2. The van der Waals surface area contributed by atoms with E-state index < -0.39 is 11.4 Å². The van der Waals surface area contributed by atoms with Crippen LogP contribution in [0.5, 0.6) is 0 Å². The number of hydrogen-bond acceptors (Lipinski definition) is 6. The maximum atomic E-state index is 12.7. The quantitative estimate of drug-likeness (QED) is 0.699. The van der Waals surface area contributed by atoms with Gasteiger partial charge >= 0.3 is 12.0 Å². The van der Waals surface area contributed by atoms with E-state index in [0.29, 0.717) is 26.1 Å². The Labute approximate surface area is 164 Å². The molecule has 1 saturated carbocycles. The van der Waals surface area contributed by atoms with Crippen LogP contribution in [-0.2, 0) is 4.79 Å². The minimum absolute atomic E-state index is 0.0831. The van der Waals surface area contributed by atoms with Gasteiger partial charge in [-0.1, -0.05) is 6.42 Å². The van der Waals surface area contributed by atoms with Gasteiger partial charge in [-0.25, -0.2) is 14.8 Å². The predicted octanol–water partition coefficient (Wildman–Crippen LogP) is 1.38. The van der Waals surface area contributed by atoms with E-state index in [1.807, 2.05) is 13.1 Å². The van der Waals surface area contributed by atoms with E-state index in [2.05, 4.69) is 25.5 Å². The summed E-state index contributed by atoms with van der Waals surface area (Å²) in [5, 5.41) is 15.8. The number of carbonyl (C=O) groups is 2. The Kier molecular flexibility index (Phi) is 4.99. The largest absolute Gasteiger partial charge is 0.481 e. The molecule has 1 aromatic heterocycles. The van der Waals surface area contributed by atoms with E-state index in [1.165, 1.54) is 0 Å². The first-order valence-electron chi connectivity index (χ1n) is 10.1. The van der Waals surface area contributed by atoms with Crippen molar-refractivity contribution in [3.63, 3.8) is 0 Å². The molecule has 28 heavy (non-hydrogen) atoms. The average Bonchev–Trinajstić information content (AvgIpc) is 3.40. The number of urea groups is 1. The summed E-state index contributed by atoms with van der Waals surface area (Å²) in [7, 11) is 1.82. The highest BCUT2D eigenvalue weighted by molar-refractivity contribution is 5.80. The Bertz CT molecular complexity index is 759. The van der Waals surface area contributed by atoms with Crippen LogP contribution in [0.15, 0.2) is 12.4 Å². The van der Waals surface area contributed by atoms with Crippen molar-refractivity contribution in [2.45, 2.75) is 38.1 Å². The number of amides is 2. The van der Waals surface area contributed by atoms with Crippen molar-refractivity contribution in [3.05, 3.63) is 12.4 Å². The molecule has 3 heterocycles. The lowest BCUT2D eigenvalue weighted by Gasteiger charge is -2.27.